The third-order valence-electron chi connectivity index (χ3n) is 3.34. The molecule has 0 aliphatic carbocycles. The number of aromatic nitrogens is 1. The van der Waals surface area contributed by atoms with Crippen LogP contribution in [0.3, 0.4) is 0 Å². The van der Waals surface area contributed by atoms with Crippen LogP contribution in [0.1, 0.15) is 22.5 Å². The summed E-state index contributed by atoms with van der Waals surface area (Å²) in [7, 11) is 0. The Balaban J connectivity index is 0.00000147. The van der Waals surface area contributed by atoms with E-state index in [4.69, 9.17) is 4.74 Å². The number of ether oxygens (including phenoxy) is 1. The molecule has 0 amide bonds. The number of nitrogens with zero attached hydrogens (tertiary/aromatic N) is 1. The molecule has 1 aliphatic rings. The third kappa shape index (κ3) is 3.79. The monoisotopic (exact) mass is 290 g/mol. The lowest BCUT2D eigenvalue weighted by Crippen LogP contribution is -2.24. The first kappa shape index (κ1) is 15.0. The molecule has 0 spiro atoms. The van der Waals surface area contributed by atoms with E-state index in [1.165, 1.54) is 16.8 Å². The van der Waals surface area contributed by atoms with Crippen molar-refractivity contribution in [3.05, 3.63) is 65.0 Å². The van der Waals surface area contributed by atoms with Gasteiger partial charge in [0.1, 0.15) is 0 Å². The van der Waals surface area contributed by atoms with E-state index in [2.05, 4.69) is 34.6 Å². The predicted molar refractivity (Wildman–Crippen MR) is 81.8 cm³/mol. The van der Waals surface area contributed by atoms with Crippen molar-refractivity contribution < 1.29 is 4.74 Å². The molecule has 0 atom stereocenters. The van der Waals surface area contributed by atoms with Crippen molar-refractivity contribution >= 4 is 12.4 Å². The van der Waals surface area contributed by atoms with Crippen molar-refractivity contribution in [1.29, 1.82) is 0 Å². The minimum absolute atomic E-state index is 0. The van der Waals surface area contributed by atoms with Gasteiger partial charge < -0.3 is 10.1 Å². The summed E-state index contributed by atoms with van der Waals surface area (Å²) in [6.45, 7) is 3.18. The van der Waals surface area contributed by atoms with Crippen molar-refractivity contribution in [1.82, 2.24) is 10.3 Å². The molecular weight excluding hydrogens is 272 g/mol. The van der Waals surface area contributed by atoms with Gasteiger partial charge in [0.15, 0.2) is 0 Å². The molecule has 0 bridgehead atoms. The molecule has 0 saturated carbocycles. The lowest BCUT2D eigenvalue weighted by molar-refractivity contribution is 0.104. The Bertz CT molecular complexity index is 545. The normalized spacial score (nSPS) is 13.4. The second-order valence-corrected chi connectivity index (χ2v) is 4.81. The summed E-state index contributed by atoms with van der Waals surface area (Å²) in [6.07, 6.45) is 1.02. The Morgan fingerprint density at radius 3 is 2.75 bits per heavy atom. The summed E-state index contributed by atoms with van der Waals surface area (Å²) >= 11 is 0. The van der Waals surface area contributed by atoms with Crippen LogP contribution >= 0.6 is 12.4 Å². The van der Waals surface area contributed by atoms with Crippen LogP contribution in [0.15, 0.2) is 42.5 Å². The van der Waals surface area contributed by atoms with E-state index in [9.17, 15) is 0 Å². The van der Waals surface area contributed by atoms with Crippen LogP contribution < -0.4 is 5.32 Å². The van der Waals surface area contributed by atoms with Crippen molar-refractivity contribution in [2.75, 3.05) is 6.54 Å². The largest absolute Gasteiger partial charge is 0.370 e. The molecule has 0 radical (unpaired) electrons. The van der Waals surface area contributed by atoms with Gasteiger partial charge in [0.05, 0.1) is 18.9 Å². The average Bonchev–Trinajstić information content (AvgIpc) is 2.48. The number of benzene rings is 1. The minimum Gasteiger partial charge on any atom is -0.370 e. The zero-order valence-corrected chi connectivity index (χ0v) is 12.2. The average molecular weight is 291 g/mol. The molecule has 1 N–H and O–H groups in total. The molecule has 1 aliphatic heterocycles. The zero-order chi connectivity index (χ0) is 12.9. The Morgan fingerprint density at radius 2 is 1.90 bits per heavy atom. The molecule has 0 unspecified atom stereocenters. The van der Waals surface area contributed by atoms with Crippen molar-refractivity contribution in [2.24, 2.45) is 0 Å². The first-order chi connectivity index (χ1) is 9.42. The highest BCUT2D eigenvalue weighted by Crippen LogP contribution is 2.13. The lowest BCUT2D eigenvalue weighted by Gasteiger charge is -2.16. The number of nitrogens with one attached hydrogen (secondary N) is 1. The van der Waals surface area contributed by atoms with Gasteiger partial charge in [-0.25, -0.2) is 0 Å². The van der Waals surface area contributed by atoms with Gasteiger partial charge in [-0.15, -0.1) is 12.4 Å². The Morgan fingerprint density at radius 1 is 1.05 bits per heavy atom. The SMILES string of the molecule is Cl.c1ccc(COCc2ccc3c(n2)CCNC3)cc1. The second kappa shape index (κ2) is 7.39. The summed E-state index contributed by atoms with van der Waals surface area (Å²) in [5.41, 5.74) is 4.76. The number of hydrogen-bond acceptors (Lipinski definition) is 3. The van der Waals surface area contributed by atoms with Crippen LogP contribution in [-0.4, -0.2) is 11.5 Å². The number of pyridine rings is 1. The molecule has 3 nitrogen and oxygen atoms in total. The summed E-state index contributed by atoms with van der Waals surface area (Å²) in [6, 6.07) is 14.5. The number of rotatable bonds is 4. The lowest BCUT2D eigenvalue weighted by atomic mass is 10.1. The first-order valence-corrected chi connectivity index (χ1v) is 6.72. The van der Waals surface area contributed by atoms with Crippen LogP contribution in [0.2, 0.25) is 0 Å². The molecule has 2 heterocycles. The first-order valence-electron chi connectivity index (χ1n) is 6.72. The molecule has 20 heavy (non-hydrogen) atoms. The van der Waals surface area contributed by atoms with Crippen molar-refractivity contribution in [3.63, 3.8) is 0 Å². The highest BCUT2D eigenvalue weighted by atomic mass is 35.5. The number of halogens is 1. The molecule has 2 aromatic rings. The van der Waals surface area contributed by atoms with Gasteiger partial charge in [-0.1, -0.05) is 36.4 Å². The third-order valence-corrected chi connectivity index (χ3v) is 3.34. The van der Waals surface area contributed by atoms with E-state index < -0.39 is 0 Å². The van der Waals surface area contributed by atoms with Crippen LogP contribution in [0.25, 0.3) is 0 Å². The summed E-state index contributed by atoms with van der Waals surface area (Å²) in [4.78, 5) is 4.68. The summed E-state index contributed by atoms with van der Waals surface area (Å²) < 4.78 is 5.72. The minimum atomic E-state index is 0. The van der Waals surface area contributed by atoms with Gasteiger partial charge in [-0.2, -0.15) is 0 Å². The predicted octanol–water partition coefficient (Wildman–Crippen LogP) is 2.87. The number of hydrogen-bond donors (Lipinski definition) is 1. The summed E-state index contributed by atoms with van der Waals surface area (Å²) in [5.74, 6) is 0. The maximum absolute atomic E-state index is 5.72. The molecule has 1 aromatic carbocycles. The van der Waals surface area contributed by atoms with Gasteiger partial charge in [0.2, 0.25) is 0 Å². The van der Waals surface area contributed by atoms with Crippen LogP contribution in [0.4, 0.5) is 0 Å². The Kier molecular flexibility index (Phi) is 5.53. The van der Waals surface area contributed by atoms with Gasteiger partial charge in [0, 0.05) is 25.2 Å². The molecule has 0 fully saturated rings. The number of fused-ring (bicyclic) bond motifs is 1. The highest BCUT2D eigenvalue weighted by molar-refractivity contribution is 5.85. The van der Waals surface area contributed by atoms with E-state index in [1.807, 2.05) is 18.2 Å². The second-order valence-electron chi connectivity index (χ2n) is 4.81. The maximum Gasteiger partial charge on any atom is 0.0892 e. The fourth-order valence-corrected chi connectivity index (χ4v) is 2.31. The van der Waals surface area contributed by atoms with E-state index >= 15 is 0 Å². The molecule has 106 valence electrons. The van der Waals surface area contributed by atoms with Gasteiger partial charge in [0.25, 0.3) is 0 Å². The standard InChI is InChI=1S/C16H18N2O.ClH/c1-2-4-13(5-3-1)11-19-12-15-7-6-14-10-17-9-8-16(14)18-15;/h1-7,17H,8-12H2;1H. The van der Waals surface area contributed by atoms with Crippen LogP contribution in [-0.2, 0) is 30.9 Å². The topological polar surface area (TPSA) is 34.1 Å². The maximum atomic E-state index is 5.72. The fourth-order valence-electron chi connectivity index (χ4n) is 2.31. The molecule has 0 saturated heterocycles. The molecule has 3 rings (SSSR count). The highest BCUT2D eigenvalue weighted by Gasteiger charge is 2.10. The van der Waals surface area contributed by atoms with E-state index in [-0.39, 0.29) is 12.4 Å². The Labute approximate surface area is 125 Å². The Hall–Kier alpha value is -1.42. The van der Waals surface area contributed by atoms with Gasteiger partial charge >= 0.3 is 0 Å². The van der Waals surface area contributed by atoms with Crippen molar-refractivity contribution in [3.8, 4) is 0 Å². The fraction of sp³-hybridized carbons (Fsp3) is 0.312. The van der Waals surface area contributed by atoms with Crippen molar-refractivity contribution in [2.45, 2.75) is 26.2 Å². The van der Waals surface area contributed by atoms with E-state index in [0.717, 1.165) is 25.2 Å². The molecule has 4 heteroatoms. The molecule has 1 aromatic heterocycles. The zero-order valence-electron chi connectivity index (χ0n) is 11.3. The van der Waals surface area contributed by atoms with Gasteiger partial charge in [-0.05, 0) is 17.2 Å². The smallest absolute Gasteiger partial charge is 0.0892 e. The van der Waals surface area contributed by atoms with E-state index in [0.29, 0.717) is 13.2 Å². The van der Waals surface area contributed by atoms with Gasteiger partial charge in [-0.3, -0.25) is 4.98 Å². The molecular formula is C16H19ClN2O. The quantitative estimate of drug-likeness (QED) is 0.940. The summed E-state index contributed by atoms with van der Waals surface area (Å²) in [5, 5.41) is 3.35. The van der Waals surface area contributed by atoms with Crippen LogP contribution in [0.5, 0.6) is 0 Å². The van der Waals surface area contributed by atoms with Crippen LogP contribution in [0, 0.1) is 0 Å². The van der Waals surface area contributed by atoms with E-state index in [1.54, 1.807) is 0 Å².